The molecule has 0 spiro atoms. The van der Waals surface area contributed by atoms with Crippen molar-refractivity contribution in [1.29, 1.82) is 0 Å². The molecule has 3 rings (SSSR count). The smallest absolute Gasteiger partial charge is 0.160 e. The van der Waals surface area contributed by atoms with Gasteiger partial charge in [-0.1, -0.05) is 35.0 Å². The van der Waals surface area contributed by atoms with Crippen LogP contribution < -0.4 is 0 Å². The molecule has 96 valence electrons. The van der Waals surface area contributed by atoms with E-state index in [4.69, 9.17) is 0 Å². The van der Waals surface area contributed by atoms with Gasteiger partial charge in [-0.25, -0.2) is 9.97 Å². The predicted molar refractivity (Wildman–Crippen MR) is 80.2 cm³/mol. The minimum absolute atomic E-state index is 0.802. The van der Waals surface area contributed by atoms with E-state index in [1.54, 1.807) is 0 Å². The molecule has 0 aliphatic rings. The van der Waals surface area contributed by atoms with Crippen molar-refractivity contribution in [3.05, 3.63) is 58.5 Å². The molecule has 2 heterocycles. The molecule has 0 atom stereocenters. The number of imidazole rings is 1. The van der Waals surface area contributed by atoms with Crippen molar-refractivity contribution in [2.75, 3.05) is 0 Å². The summed E-state index contributed by atoms with van der Waals surface area (Å²) in [6.45, 7) is 2.93. The summed E-state index contributed by atoms with van der Waals surface area (Å²) >= 11 is 3.51. The van der Waals surface area contributed by atoms with Crippen LogP contribution in [0.2, 0.25) is 0 Å². The van der Waals surface area contributed by atoms with Crippen molar-refractivity contribution in [2.45, 2.75) is 19.9 Å². The quantitative estimate of drug-likeness (QED) is 0.736. The fourth-order valence-corrected chi connectivity index (χ4v) is 2.71. The number of hydrogen-bond acceptors (Lipinski definition) is 2. The van der Waals surface area contributed by atoms with Gasteiger partial charge in [-0.05, 0) is 29.8 Å². The third-order valence-electron chi connectivity index (χ3n) is 3.13. The van der Waals surface area contributed by atoms with Crippen molar-refractivity contribution in [1.82, 2.24) is 14.5 Å². The zero-order valence-electron chi connectivity index (χ0n) is 10.7. The summed E-state index contributed by atoms with van der Waals surface area (Å²) in [6, 6.07) is 12.3. The molecule has 0 aliphatic carbocycles. The fourth-order valence-electron chi connectivity index (χ4n) is 2.26. The van der Waals surface area contributed by atoms with Gasteiger partial charge in [0.05, 0.1) is 6.54 Å². The highest BCUT2D eigenvalue weighted by atomic mass is 79.9. The number of pyridine rings is 1. The van der Waals surface area contributed by atoms with E-state index in [-0.39, 0.29) is 0 Å². The predicted octanol–water partition coefficient (Wildman–Crippen LogP) is 3.80. The zero-order valence-corrected chi connectivity index (χ0v) is 12.3. The minimum Gasteiger partial charge on any atom is -0.308 e. The molecule has 0 amide bonds. The molecular formula is C15H14BrN3. The Kier molecular flexibility index (Phi) is 3.34. The fraction of sp³-hybridized carbons (Fsp3) is 0.200. The van der Waals surface area contributed by atoms with Crippen molar-refractivity contribution in [2.24, 2.45) is 0 Å². The highest BCUT2D eigenvalue weighted by molar-refractivity contribution is 9.10. The van der Waals surface area contributed by atoms with Gasteiger partial charge in [-0.15, -0.1) is 0 Å². The third-order valence-corrected chi connectivity index (χ3v) is 3.62. The summed E-state index contributed by atoms with van der Waals surface area (Å²) in [4.78, 5) is 9.10. The highest BCUT2D eigenvalue weighted by Crippen LogP contribution is 2.18. The second kappa shape index (κ2) is 5.13. The van der Waals surface area contributed by atoms with Crippen LogP contribution in [0.5, 0.6) is 0 Å². The highest BCUT2D eigenvalue weighted by Gasteiger charge is 2.10. The number of aromatic nitrogens is 3. The summed E-state index contributed by atoms with van der Waals surface area (Å²) < 4.78 is 3.29. The van der Waals surface area contributed by atoms with Crippen LogP contribution in [-0.4, -0.2) is 14.5 Å². The molecule has 0 aliphatic heterocycles. The summed E-state index contributed by atoms with van der Waals surface area (Å²) in [5, 5.41) is 0. The van der Waals surface area contributed by atoms with Crippen LogP contribution in [0.4, 0.5) is 0 Å². The van der Waals surface area contributed by atoms with Gasteiger partial charge in [0, 0.05) is 17.1 Å². The largest absolute Gasteiger partial charge is 0.308 e. The topological polar surface area (TPSA) is 30.7 Å². The lowest BCUT2D eigenvalue weighted by molar-refractivity contribution is 0.746. The van der Waals surface area contributed by atoms with Crippen LogP contribution in [0.25, 0.3) is 11.2 Å². The van der Waals surface area contributed by atoms with Gasteiger partial charge in [0.15, 0.2) is 5.65 Å². The van der Waals surface area contributed by atoms with E-state index in [1.807, 2.05) is 24.4 Å². The molecule has 0 saturated carbocycles. The van der Waals surface area contributed by atoms with Gasteiger partial charge in [0.1, 0.15) is 11.3 Å². The lowest BCUT2D eigenvalue weighted by Crippen LogP contribution is -2.05. The first-order valence-corrected chi connectivity index (χ1v) is 7.12. The SMILES string of the molecule is CCc1nc2cccnc2n1Cc1cccc(Br)c1. The second-order valence-corrected chi connectivity index (χ2v) is 5.36. The van der Waals surface area contributed by atoms with Gasteiger partial charge < -0.3 is 4.57 Å². The van der Waals surface area contributed by atoms with Crippen LogP contribution in [0.3, 0.4) is 0 Å². The lowest BCUT2D eigenvalue weighted by atomic mass is 10.2. The average molecular weight is 316 g/mol. The molecule has 0 fully saturated rings. The van der Waals surface area contributed by atoms with E-state index in [9.17, 15) is 0 Å². The van der Waals surface area contributed by atoms with Gasteiger partial charge in [0.2, 0.25) is 0 Å². The second-order valence-electron chi connectivity index (χ2n) is 4.44. The standard InChI is InChI=1S/C15H14BrN3/c1-2-14-18-13-7-4-8-17-15(13)19(14)10-11-5-3-6-12(16)9-11/h3-9H,2,10H2,1H3. The summed E-state index contributed by atoms with van der Waals surface area (Å²) in [5.74, 6) is 1.08. The van der Waals surface area contributed by atoms with Gasteiger partial charge >= 0.3 is 0 Å². The van der Waals surface area contributed by atoms with Crippen molar-refractivity contribution in [3.8, 4) is 0 Å². The van der Waals surface area contributed by atoms with E-state index in [0.717, 1.165) is 34.4 Å². The molecule has 0 unspecified atom stereocenters. The first-order valence-electron chi connectivity index (χ1n) is 6.32. The van der Waals surface area contributed by atoms with Gasteiger partial charge in [-0.3, -0.25) is 0 Å². The lowest BCUT2D eigenvalue weighted by Gasteiger charge is -2.08. The number of fused-ring (bicyclic) bond motifs is 1. The van der Waals surface area contributed by atoms with Crippen LogP contribution in [0.15, 0.2) is 47.1 Å². The molecule has 3 aromatic rings. The number of benzene rings is 1. The number of rotatable bonds is 3. The van der Waals surface area contributed by atoms with E-state index in [1.165, 1.54) is 5.56 Å². The Morgan fingerprint density at radius 2 is 2.11 bits per heavy atom. The number of nitrogens with zero attached hydrogens (tertiary/aromatic N) is 3. The number of halogens is 1. The number of aryl methyl sites for hydroxylation is 1. The zero-order chi connectivity index (χ0) is 13.2. The van der Waals surface area contributed by atoms with E-state index in [0.29, 0.717) is 0 Å². The Morgan fingerprint density at radius 1 is 1.21 bits per heavy atom. The van der Waals surface area contributed by atoms with Crippen LogP contribution in [0.1, 0.15) is 18.3 Å². The molecular weight excluding hydrogens is 302 g/mol. The van der Waals surface area contributed by atoms with Crippen LogP contribution in [0, 0.1) is 0 Å². The first-order chi connectivity index (χ1) is 9.28. The summed E-state index contributed by atoms with van der Waals surface area (Å²) in [6.07, 6.45) is 2.73. The Labute approximate surface area is 120 Å². The van der Waals surface area contributed by atoms with Crippen molar-refractivity contribution < 1.29 is 0 Å². The summed E-state index contributed by atoms with van der Waals surface area (Å²) in [7, 11) is 0. The van der Waals surface area contributed by atoms with Crippen molar-refractivity contribution in [3.63, 3.8) is 0 Å². The molecule has 1 aromatic carbocycles. The molecule has 0 saturated heterocycles. The maximum atomic E-state index is 4.64. The maximum Gasteiger partial charge on any atom is 0.160 e. The Balaban J connectivity index is 2.08. The van der Waals surface area contributed by atoms with Gasteiger partial charge in [-0.2, -0.15) is 0 Å². The van der Waals surface area contributed by atoms with E-state index < -0.39 is 0 Å². The Morgan fingerprint density at radius 3 is 2.89 bits per heavy atom. The third kappa shape index (κ3) is 2.40. The maximum absolute atomic E-state index is 4.64. The molecule has 4 heteroatoms. The first kappa shape index (κ1) is 12.4. The molecule has 0 bridgehead atoms. The summed E-state index contributed by atoms with van der Waals surface area (Å²) in [5.41, 5.74) is 3.17. The molecule has 0 N–H and O–H groups in total. The minimum atomic E-state index is 0.802. The van der Waals surface area contributed by atoms with E-state index in [2.05, 4.69) is 55.6 Å². The van der Waals surface area contributed by atoms with Crippen molar-refractivity contribution >= 4 is 27.1 Å². The molecule has 2 aromatic heterocycles. The van der Waals surface area contributed by atoms with Gasteiger partial charge in [0.25, 0.3) is 0 Å². The monoisotopic (exact) mass is 315 g/mol. The average Bonchev–Trinajstić information content (AvgIpc) is 2.77. The molecule has 0 radical (unpaired) electrons. The Bertz CT molecular complexity index is 718. The molecule has 19 heavy (non-hydrogen) atoms. The number of hydrogen-bond donors (Lipinski definition) is 0. The van der Waals surface area contributed by atoms with Crippen LogP contribution >= 0.6 is 15.9 Å². The van der Waals surface area contributed by atoms with E-state index >= 15 is 0 Å². The molecule has 3 nitrogen and oxygen atoms in total. The Hall–Kier alpha value is -1.68. The van der Waals surface area contributed by atoms with Crippen LogP contribution in [-0.2, 0) is 13.0 Å². The normalized spacial score (nSPS) is 11.1.